The maximum atomic E-state index is 11.6. The number of nitrogens with one attached hydrogen (secondary N) is 1. The van der Waals surface area contributed by atoms with E-state index in [0.29, 0.717) is 5.92 Å². The molecule has 1 aliphatic carbocycles. The molecule has 0 aromatic rings. The molecule has 6 nitrogen and oxygen atoms in total. The largest absolute Gasteiger partial charge is 0.480 e. The van der Waals surface area contributed by atoms with Crippen molar-refractivity contribution in [1.82, 2.24) is 5.32 Å². The summed E-state index contributed by atoms with van der Waals surface area (Å²) in [6, 6.07) is -1.20. The molecule has 0 spiro atoms. The van der Waals surface area contributed by atoms with Crippen LogP contribution in [-0.4, -0.2) is 34.9 Å². The van der Waals surface area contributed by atoms with Crippen molar-refractivity contribution in [3.8, 4) is 0 Å². The van der Waals surface area contributed by atoms with Crippen molar-refractivity contribution in [1.29, 1.82) is 0 Å². The Morgan fingerprint density at radius 1 is 1.35 bits per heavy atom. The summed E-state index contributed by atoms with van der Waals surface area (Å²) in [5.41, 5.74) is 5.41. The SMILES string of the molecule is CC(C)(C)OC(=O)N[C@@H](CC(N)C1CCCC1)C(=O)O. The van der Waals surface area contributed by atoms with E-state index in [2.05, 4.69) is 5.32 Å². The fourth-order valence-corrected chi connectivity index (χ4v) is 2.52. The van der Waals surface area contributed by atoms with Gasteiger partial charge in [0.2, 0.25) is 0 Å². The molecule has 1 saturated carbocycles. The molecule has 0 aromatic heterocycles. The summed E-state index contributed by atoms with van der Waals surface area (Å²) in [5.74, 6) is -0.721. The molecule has 0 heterocycles. The molecule has 0 aromatic carbocycles. The Morgan fingerprint density at radius 2 is 1.90 bits per heavy atom. The van der Waals surface area contributed by atoms with Crippen molar-refractivity contribution < 1.29 is 19.4 Å². The van der Waals surface area contributed by atoms with Crippen molar-refractivity contribution in [3.05, 3.63) is 0 Å². The first kappa shape index (κ1) is 16.8. The van der Waals surface area contributed by atoms with Crippen LogP contribution in [0.25, 0.3) is 0 Å². The summed E-state index contributed by atoms with van der Waals surface area (Å²) in [4.78, 5) is 22.9. The van der Waals surface area contributed by atoms with Crippen LogP contribution in [0.2, 0.25) is 0 Å². The third-order valence-electron chi connectivity index (χ3n) is 3.50. The number of rotatable bonds is 5. The average molecular weight is 286 g/mol. The van der Waals surface area contributed by atoms with Crippen molar-refractivity contribution in [2.45, 2.75) is 70.6 Å². The van der Waals surface area contributed by atoms with Gasteiger partial charge in [0.05, 0.1) is 0 Å². The zero-order valence-electron chi connectivity index (χ0n) is 12.5. The van der Waals surface area contributed by atoms with Crippen molar-refractivity contribution >= 4 is 12.1 Å². The van der Waals surface area contributed by atoms with Gasteiger partial charge in [-0.1, -0.05) is 12.8 Å². The number of carbonyl (C=O) groups excluding carboxylic acids is 1. The molecule has 1 amide bonds. The van der Waals surface area contributed by atoms with E-state index in [0.717, 1.165) is 25.7 Å². The number of hydrogen-bond donors (Lipinski definition) is 3. The highest BCUT2D eigenvalue weighted by Crippen LogP contribution is 2.28. The molecule has 4 N–H and O–H groups in total. The van der Waals surface area contributed by atoms with Gasteiger partial charge in [-0.3, -0.25) is 0 Å². The van der Waals surface area contributed by atoms with Crippen molar-refractivity contribution in [2.75, 3.05) is 0 Å². The lowest BCUT2D eigenvalue weighted by molar-refractivity contribution is -0.139. The summed E-state index contributed by atoms with van der Waals surface area (Å²) in [5, 5.41) is 11.6. The van der Waals surface area contributed by atoms with E-state index in [-0.39, 0.29) is 12.5 Å². The van der Waals surface area contributed by atoms with E-state index in [1.54, 1.807) is 20.8 Å². The highest BCUT2D eigenvalue weighted by atomic mass is 16.6. The number of carbonyl (C=O) groups is 2. The van der Waals surface area contributed by atoms with Crippen molar-refractivity contribution in [2.24, 2.45) is 11.7 Å². The van der Waals surface area contributed by atoms with Gasteiger partial charge in [-0.25, -0.2) is 9.59 Å². The zero-order chi connectivity index (χ0) is 15.3. The standard InChI is InChI=1S/C14H26N2O4/c1-14(2,3)20-13(19)16-11(12(17)18)8-10(15)9-6-4-5-7-9/h9-11H,4-8,15H2,1-3H3,(H,16,19)(H,17,18)/t10?,11-/m0/s1. The van der Waals surface area contributed by atoms with Gasteiger partial charge >= 0.3 is 12.1 Å². The highest BCUT2D eigenvalue weighted by Gasteiger charge is 2.29. The first-order valence-electron chi connectivity index (χ1n) is 7.17. The second-order valence-electron chi connectivity index (χ2n) is 6.48. The number of amides is 1. The molecule has 0 radical (unpaired) electrons. The van der Waals surface area contributed by atoms with Crippen LogP contribution < -0.4 is 11.1 Å². The summed E-state index contributed by atoms with van der Waals surface area (Å²) < 4.78 is 5.07. The Morgan fingerprint density at radius 3 is 2.35 bits per heavy atom. The van der Waals surface area contributed by atoms with Crippen LogP contribution in [0.3, 0.4) is 0 Å². The maximum Gasteiger partial charge on any atom is 0.408 e. The fourth-order valence-electron chi connectivity index (χ4n) is 2.52. The lowest BCUT2D eigenvalue weighted by Crippen LogP contribution is -2.47. The summed E-state index contributed by atoms with van der Waals surface area (Å²) in [7, 11) is 0. The first-order valence-corrected chi connectivity index (χ1v) is 7.17. The van der Waals surface area contributed by atoms with Gasteiger partial charge < -0.3 is 20.9 Å². The number of ether oxygens (including phenoxy) is 1. The minimum Gasteiger partial charge on any atom is -0.480 e. The predicted octanol–water partition coefficient (Wildman–Crippen LogP) is 1.87. The number of hydrogen-bond acceptors (Lipinski definition) is 4. The molecule has 6 heteroatoms. The van der Waals surface area contributed by atoms with Gasteiger partial charge in [0.1, 0.15) is 11.6 Å². The molecule has 1 rings (SSSR count). The lowest BCUT2D eigenvalue weighted by Gasteiger charge is -2.25. The summed E-state index contributed by atoms with van der Waals surface area (Å²) >= 11 is 0. The molecule has 1 unspecified atom stereocenters. The van der Waals surface area contributed by atoms with Crippen LogP contribution in [-0.2, 0) is 9.53 Å². The van der Waals surface area contributed by atoms with E-state index in [1.807, 2.05) is 0 Å². The third-order valence-corrected chi connectivity index (χ3v) is 3.50. The van der Waals surface area contributed by atoms with E-state index in [4.69, 9.17) is 10.5 Å². The van der Waals surface area contributed by atoms with E-state index in [1.165, 1.54) is 0 Å². The predicted molar refractivity (Wildman–Crippen MR) is 75.3 cm³/mol. The second kappa shape index (κ2) is 6.92. The van der Waals surface area contributed by atoms with Crippen molar-refractivity contribution in [3.63, 3.8) is 0 Å². The number of aliphatic carboxylic acids is 1. The Hall–Kier alpha value is -1.30. The molecule has 116 valence electrons. The molecular formula is C14H26N2O4. The number of carboxylic acid groups (broad SMARTS) is 1. The molecule has 20 heavy (non-hydrogen) atoms. The number of nitrogens with two attached hydrogens (primary N) is 1. The Labute approximate surface area is 120 Å². The van der Waals surface area contributed by atoms with E-state index < -0.39 is 23.7 Å². The van der Waals surface area contributed by atoms with Gasteiger partial charge in [-0.05, 0) is 46.0 Å². The topological polar surface area (TPSA) is 102 Å². The molecule has 1 fully saturated rings. The second-order valence-corrected chi connectivity index (χ2v) is 6.48. The third kappa shape index (κ3) is 5.77. The highest BCUT2D eigenvalue weighted by molar-refractivity contribution is 5.80. The smallest absolute Gasteiger partial charge is 0.408 e. The normalized spacial score (nSPS) is 19.4. The maximum absolute atomic E-state index is 11.6. The van der Waals surface area contributed by atoms with Crippen LogP contribution in [0.1, 0.15) is 52.9 Å². The van der Waals surface area contributed by atoms with Gasteiger partial charge in [0, 0.05) is 6.04 Å². The minimum atomic E-state index is -1.08. The Kier molecular flexibility index (Phi) is 5.80. The molecule has 0 bridgehead atoms. The number of alkyl carbamates (subject to hydrolysis) is 1. The van der Waals surface area contributed by atoms with Crippen LogP contribution >= 0.6 is 0 Å². The van der Waals surface area contributed by atoms with E-state index >= 15 is 0 Å². The molecule has 0 saturated heterocycles. The monoisotopic (exact) mass is 286 g/mol. The van der Waals surface area contributed by atoms with Crippen LogP contribution in [0.5, 0.6) is 0 Å². The zero-order valence-corrected chi connectivity index (χ0v) is 12.5. The van der Waals surface area contributed by atoms with E-state index in [9.17, 15) is 14.7 Å². The molecule has 0 aliphatic heterocycles. The van der Waals surface area contributed by atoms with Crippen LogP contribution in [0.15, 0.2) is 0 Å². The van der Waals surface area contributed by atoms with Crippen LogP contribution in [0.4, 0.5) is 4.79 Å². The van der Waals surface area contributed by atoms with Gasteiger partial charge in [-0.2, -0.15) is 0 Å². The van der Waals surface area contributed by atoms with Gasteiger partial charge in [0.25, 0.3) is 0 Å². The molecular weight excluding hydrogens is 260 g/mol. The lowest BCUT2D eigenvalue weighted by atomic mass is 9.93. The first-order chi connectivity index (χ1) is 9.19. The molecule has 1 aliphatic rings. The van der Waals surface area contributed by atoms with Gasteiger partial charge in [-0.15, -0.1) is 0 Å². The molecule has 2 atom stereocenters. The number of carboxylic acids is 1. The summed E-state index contributed by atoms with van der Waals surface area (Å²) in [6.45, 7) is 5.19. The quantitative estimate of drug-likeness (QED) is 0.716. The average Bonchev–Trinajstić information content (AvgIpc) is 2.78. The fraction of sp³-hybridized carbons (Fsp3) is 0.857. The Balaban J connectivity index is 2.51. The Bertz CT molecular complexity index is 346. The van der Waals surface area contributed by atoms with Gasteiger partial charge in [0.15, 0.2) is 0 Å². The summed E-state index contributed by atoms with van der Waals surface area (Å²) in [6.07, 6.45) is 3.90. The minimum absolute atomic E-state index is 0.200. The van der Waals surface area contributed by atoms with Crippen LogP contribution in [0, 0.1) is 5.92 Å².